The third-order valence-corrected chi connectivity index (χ3v) is 5.81. The van der Waals surface area contributed by atoms with E-state index < -0.39 is 0 Å². The van der Waals surface area contributed by atoms with Crippen LogP contribution in [0.1, 0.15) is 25.0 Å². The standard InChI is InChI=1S/C20H27P/c1-17(13-19-9-5-3-6-10-19)15-21-16-18(2)14-20-11-7-4-8-12-20/h3-12,17-18,21H,13-16H2,1-2H3. The molecule has 2 aromatic carbocycles. The van der Waals surface area contributed by atoms with E-state index in [0.717, 1.165) is 20.4 Å². The van der Waals surface area contributed by atoms with E-state index in [1.54, 1.807) is 0 Å². The highest BCUT2D eigenvalue weighted by atomic mass is 31.1. The molecule has 0 saturated heterocycles. The zero-order valence-corrected chi connectivity index (χ0v) is 14.3. The SMILES string of the molecule is CC(CPCC(C)Cc1ccccc1)Cc1ccccc1. The second-order valence-electron chi connectivity index (χ2n) is 6.25. The Morgan fingerprint density at radius 3 is 1.43 bits per heavy atom. The number of hydrogen-bond donors (Lipinski definition) is 0. The minimum absolute atomic E-state index is 0.801. The summed E-state index contributed by atoms with van der Waals surface area (Å²) in [4.78, 5) is 0. The van der Waals surface area contributed by atoms with Gasteiger partial charge in [-0.1, -0.05) is 74.5 Å². The Morgan fingerprint density at radius 2 is 1.05 bits per heavy atom. The summed E-state index contributed by atoms with van der Waals surface area (Å²) in [6.45, 7) is 4.78. The Labute approximate surface area is 131 Å². The van der Waals surface area contributed by atoms with E-state index in [1.807, 2.05) is 0 Å². The fraction of sp³-hybridized carbons (Fsp3) is 0.400. The highest BCUT2D eigenvalue weighted by Crippen LogP contribution is 2.23. The van der Waals surface area contributed by atoms with Crippen LogP contribution in [0.5, 0.6) is 0 Å². The first-order chi connectivity index (χ1) is 10.2. The maximum absolute atomic E-state index is 2.39. The second kappa shape index (κ2) is 9.00. The lowest BCUT2D eigenvalue weighted by Crippen LogP contribution is -2.06. The fourth-order valence-corrected chi connectivity index (χ4v) is 4.19. The molecule has 0 fully saturated rings. The molecule has 1 heteroatoms. The Bertz CT molecular complexity index is 444. The Hall–Kier alpha value is -1.13. The molecular weight excluding hydrogens is 271 g/mol. The van der Waals surface area contributed by atoms with Crippen LogP contribution in [0.2, 0.25) is 0 Å². The lowest BCUT2D eigenvalue weighted by Gasteiger charge is -2.15. The van der Waals surface area contributed by atoms with Crippen LogP contribution in [0.25, 0.3) is 0 Å². The van der Waals surface area contributed by atoms with Crippen molar-refractivity contribution in [3.63, 3.8) is 0 Å². The predicted molar refractivity (Wildman–Crippen MR) is 96.7 cm³/mol. The van der Waals surface area contributed by atoms with Crippen LogP contribution in [0.15, 0.2) is 60.7 Å². The molecular formula is C20H27P. The van der Waals surface area contributed by atoms with Gasteiger partial charge in [0.25, 0.3) is 0 Å². The minimum Gasteiger partial charge on any atom is -0.122 e. The van der Waals surface area contributed by atoms with Crippen LogP contribution in [0, 0.1) is 11.8 Å². The van der Waals surface area contributed by atoms with Crippen molar-refractivity contribution in [1.82, 2.24) is 0 Å². The van der Waals surface area contributed by atoms with Crippen molar-refractivity contribution in [2.24, 2.45) is 11.8 Å². The molecule has 2 unspecified atom stereocenters. The average molecular weight is 298 g/mol. The van der Waals surface area contributed by atoms with Crippen LogP contribution < -0.4 is 0 Å². The number of hydrogen-bond acceptors (Lipinski definition) is 0. The van der Waals surface area contributed by atoms with Crippen molar-refractivity contribution in [2.45, 2.75) is 26.7 Å². The van der Waals surface area contributed by atoms with E-state index in [1.165, 1.54) is 36.3 Å². The van der Waals surface area contributed by atoms with Gasteiger partial charge in [-0.3, -0.25) is 0 Å². The van der Waals surface area contributed by atoms with Crippen molar-refractivity contribution in [3.8, 4) is 0 Å². The van der Waals surface area contributed by atoms with E-state index >= 15 is 0 Å². The molecule has 0 aliphatic heterocycles. The first kappa shape index (κ1) is 16.2. The first-order valence-corrected chi connectivity index (χ1v) is 9.44. The summed E-state index contributed by atoms with van der Waals surface area (Å²) in [7, 11) is 1.10. The molecule has 2 rings (SSSR count). The van der Waals surface area contributed by atoms with Crippen LogP contribution in [-0.4, -0.2) is 12.3 Å². The van der Waals surface area contributed by atoms with Crippen LogP contribution in [0.3, 0.4) is 0 Å². The molecule has 0 amide bonds. The largest absolute Gasteiger partial charge is 0.122 e. The highest BCUT2D eigenvalue weighted by molar-refractivity contribution is 7.38. The van der Waals surface area contributed by atoms with Gasteiger partial charge in [-0.15, -0.1) is 8.58 Å². The van der Waals surface area contributed by atoms with Gasteiger partial charge in [-0.05, 0) is 48.1 Å². The zero-order chi connectivity index (χ0) is 14.9. The topological polar surface area (TPSA) is 0 Å². The van der Waals surface area contributed by atoms with Crippen molar-refractivity contribution in [1.29, 1.82) is 0 Å². The molecule has 112 valence electrons. The average Bonchev–Trinajstić information content (AvgIpc) is 2.49. The molecule has 0 heterocycles. The summed E-state index contributed by atoms with van der Waals surface area (Å²) in [5.74, 6) is 1.60. The van der Waals surface area contributed by atoms with Gasteiger partial charge in [0, 0.05) is 0 Å². The van der Waals surface area contributed by atoms with Crippen LogP contribution >= 0.6 is 8.58 Å². The monoisotopic (exact) mass is 298 g/mol. The highest BCUT2D eigenvalue weighted by Gasteiger charge is 2.07. The van der Waals surface area contributed by atoms with Gasteiger partial charge in [-0.25, -0.2) is 0 Å². The van der Waals surface area contributed by atoms with E-state index in [9.17, 15) is 0 Å². The van der Waals surface area contributed by atoms with Gasteiger partial charge in [-0.2, -0.15) is 0 Å². The van der Waals surface area contributed by atoms with Gasteiger partial charge in [0.2, 0.25) is 0 Å². The zero-order valence-electron chi connectivity index (χ0n) is 13.3. The number of rotatable bonds is 8. The van der Waals surface area contributed by atoms with E-state index in [4.69, 9.17) is 0 Å². The van der Waals surface area contributed by atoms with E-state index in [-0.39, 0.29) is 0 Å². The third-order valence-electron chi connectivity index (χ3n) is 3.84. The lowest BCUT2D eigenvalue weighted by atomic mass is 10.0. The predicted octanol–water partition coefficient (Wildman–Crippen LogP) is 5.42. The first-order valence-electron chi connectivity index (χ1n) is 8.02. The third kappa shape index (κ3) is 6.44. The molecule has 0 aliphatic rings. The normalized spacial score (nSPS) is 14.4. The van der Waals surface area contributed by atoms with Gasteiger partial charge in [0.1, 0.15) is 0 Å². The van der Waals surface area contributed by atoms with Gasteiger partial charge in [0.05, 0.1) is 0 Å². The fourth-order valence-electron chi connectivity index (χ4n) is 2.75. The van der Waals surface area contributed by atoms with Crippen LogP contribution in [0.4, 0.5) is 0 Å². The van der Waals surface area contributed by atoms with Crippen molar-refractivity contribution in [3.05, 3.63) is 71.8 Å². The van der Waals surface area contributed by atoms with Crippen molar-refractivity contribution < 1.29 is 0 Å². The Kier molecular flexibility index (Phi) is 6.96. The van der Waals surface area contributed by atoms with E-state index in [0.29, 0.717) is 0 Å². The molecule has 21 heavy (non-hydrogen) atoms. The molecule has 2 aromatic rings. The molecule has 0 aromatic heterocycles. The summed E-state index contributed by atoms with van der Waals surface area (Å²) in [5, 5.41) is 0. The maximum Gasteiger partial charge on any atom is -0.0250 e. The summed E-state index contributed by atoms with van der Waals surface area (Å²) in [6, 6.07) is 21.8. The molecule has 0 bridgehead atoms. The molecule has 0 nitrogen and oxygen atoms in total. The van der Waals surface area contributed by atoms with Crippen LogP contribution in [-0.2, 0) is 12.8 Å². The van der Waals surface area contributed by atoms with Gasteiger partial charge >= 0.3 is 0 Å². The Balaban J connectivity index is 1.64. The van der Waals surface area contributed by atoms with Crippen molar-refractivity contribution >= 4 is 8.58 Å². The minimum atomic E-state index is 0.801. The summed E-state index contributed by atoms with van der Waals surface area (Å²) in [6.07, 6.45) is 5.18. The van der Waals surface area contributed by atoms with Gasteiger partial charge < -0.3 is 0 Å². The molecule has 0 radical (unpaired) electrons. The Morgan fingerprint density at radius 1 is 0.667 bits per heavy atom. The lowest BCUT2D eigenvalue weighted by molar-refractivity contribution is 0.638. The van der Waals surface area contributed by atoms with Crippen molar-refractivity contribution in [2.75, 3.05) is 12.3 Å². The quantitative estimate of drug-likeness (QED) is 0.571. The summed E-state index contributed by atoms with van der Waals surface area (Å²) < 4.78 is 0. The maximum atomic E-state index is 2.39. The van der Waals surface area contributed by atoms with Gasteiger partial charge in [0.15, 0.2) is 0 Å². The summed E-state index contributed by atoms with van der Waals surface area (Å²) in [5.41, 5.74) is 2.96. The molecule has 2 atom stereocenters. The second-order valence-corrected chi connectivity index (χ2v) is 7.56. The molecule has 0 saturated carbocycles. The smallest absolute Gasteiger partial charge is 0.0250 e. The van der Waals surface area contributed by atoms with E-state index in [2.05, 4.69) is 74.5 Å². The summed E-state index contributed by atoms with van der Waals surface area (Å²) >= 11 is 0. The molecule has 0 aliphatic carbocycles. The molecule has 0 N–H and O–H groups in total. The number of benzene rings is 2. The molecule has 0 spiro atoms.